The Bertz CT molecular complexity index is 429. The van der Waals surface area contributed by atoms with Crippen molar-refractivity contribution in [3.05, 3.63) is 28.8 Å². The molecular formula is C14H21NO3. The Morgan fingerprint density at radius 2 is 2.00 bits per heavy atom. The summed E-state index contributed by atoms with van der Waals surface area (Å²) in [5.41, 5.74) is 3.33. The van der Waals surface area contributed by atoms with Gasteiger partial charge in [0.25, 0.3) is 0 Å². The van der Waals surface area contributed by atoms with Gasteiger partial charge in [-0.15, -0.1) is 0 Å². The molecule has 0 saturated carbocycles. The molecule has 0 spiro atoms. The number of carbonyl (C=O) groups is 1. The summed E-state index contributed by atoms with van der Waals surface area (Å²) in [5.74, 6) is 0.811. The minimum absolute atomic E-state index is 0.0506. The van der Waals surface area contributed by atoms with Crippen molar-refractivity contribution >= 4 is 5.91 Å². The van der Waals surface area contributed by atoms with E-state index < -0.39 is 0 Å². The predicted molar refractivity (Wildman–Crippen MR) is 70.6 cm³/mol. The van der Waals surface area contributed by atoms with E-state index >= 15 is 0 Å². The molecule has 0 bridgehead atoms. The molecule has 4 nitrogen and oxygen atoms in total. The maximum absolute atomic E-state index is 11.6. The number of methoxy groups -OCH3 is 1. The Morgan fingerprint density at radius 1 is 1.33 bits per heavy atom. The summed E-state index contributed by atoms with van der Waals surface area (Å²) in [4.78, 5) is 13.2. The van der Waals surface area contributed by atoms with Crippen LogP contribution in [-0.4, -0.2) is 36.7 Å². The van der Waals surface area contributed by atoms with Crippen LogP contribution in [0.15, 0.2) is 12.1 Å². The van der Waals surface area contributed by atoms with Crippen LogP contribution in [0.1, 0.15) is 23.1 Å². The van der Waals surface area contributed by atoms with Crippen LogP contribution in [0.4, 0.5) is 0 Å². The number of amides is 1. The van der Waals surface area contributed by atoms with Gasteiger partial charge in [-0.3, -0.25) is 4.79 Å². The van der Waals surface area contributed by atoms with Crippen LogP contribution in [0.2, 0.25) is 0 Å². The smallest absolute Gasteiger partial charge is 0.224 e. The summed E-state index contributed by atoms with van der Waals surface area (Å²) in [5, 5.41) is 8.75. The number of rotatable bonds is 5. The summed E-state index contributed by atoms with van der Waals surface area (Å²) < 4.78 is 5.26. The average Bonchev–Trinajstić information content (AvgIpc) is 2.35. The van der Waals surface area contributed by atoms with E-state index in [0.717, 1.165) is 22.4 Å². The van der Waals surface area contributed by atoms with Crippen LogP contribution in [0, 0.1) is 13.8 Å². The molecule has 100 valence electrons. The molecule has 0 unspecified atom stereocenters. The molecule has 0 atom stereocenters. The van der Waals surface area contributed by atoms with Gasteiger partial charge in [0.1, 0.15) is 5.75 Å². The lowest BCUT2D eigenvalue weighted by Crippen LogP contribution is -2.27. The maximum atomic E-state index is 11.6. The number of carbonyl (C=O) groups excluding carboxylic acids is 1. The van der Waals surface area contributed by atoms with E-state index in [9.17, 15) is 4.79 Å². The number of benzene rings is 1. The lowest BCUT2D eigenvalue weighted by atomic mass is 10.0. The molecule has 0 fully saturated rings. The molecule has 1 aromatic rings. The standard InChI is InChI=1S/C14H21NO3/c1-10-11(2)13(18-4)6-5-12(10)9-15(3)14(17)7-8-16/h5-6,16H,7-9H2,1-4H3. The molecule has 1 rings (SSSR count). The highest BCUT2D eigenvalue weighted by molar-refractivity contribution is 5.76. The summed E-state index contributed by atoms with van der Waals surface area (Å²) in [7, 11) is 3.40. The van der Waals surface area contributed by atoms with E-state index in [4.69, 9.17) is 9.84 Å². The first kappa shape index (κ1) is 14.5. The number of ether oxygens (including phenoxy) is 1. The number of aliphatic hydroxyl groups is 1. The van der Waals surface area contributed by atoms with Gasteiger partial charge >= 0.3 is 0 Å². The van der Waals surface area contributed by atoms with E-state index in [2.05, 4.69) is 0 Å². The predicted octanol–water partition coefficient (Wildman–Crippen LogP) is 1.65. The van der Waals surface area contributed by atoms with Crippen molar-refractivity contribution < 1.29 is 14.6 Å². The zero-order valence-corrected chi connectivity index (χ0v) is 11.5. The molecule has 0 aliphatic heterocycles. The largest absolute Gasteiger partial charge is 0.496 e. The van der Waals surface area contributed by atoms with Crippen molar-refractivity contribution in [1.29, 1.82) is 0 Å². The molecule has 0 aliphatic carbocycles. The average molecular weight is 251 g/mol. The van der Waals surface area contributed by atoms with E-state index in [-0.39, 0.29) is 18.9 Å². The minimum Gasteiger partial charge on any atom is -0.496 e. The maximum Gasteiger partial charge on any atom is 0.224 e. The molecule has 4 heteroatoms. The van der Waals surface area contributed by atoms with Crippen molar-refractivity contribution in [3.8, 4) is 5.75 Å². The second kappa shape index (κ2) is 6.40. The van der Waals surface area contributed by atoms with Crippen molar-refractivity contribution in [3.63, 3.8) is 0 Å². The van der Waals surface area contributed by atoms with E-state index in [1.165, 1.54) is 0 Å². The van der Waals surface area contributed by atoms with Gasteiger partial charge in [0, 0.05) is 20.0 Å². The van der Waals surface area contributed by atoms with Crippen molar-refractivity contribution in [2.24, 2.45) is 0 Å². The number of aliphatic hydroxyl groups excluding tert-OH is 1. The van der Waals surface area contributed by atoms with Crippen LogP contribution in [-0.2, 0) is 11.3 Å². The third-order valence-electron chi connectivity index (χ3n) is 3.23. The van der Waals surface area contributed by atoms with Gasteiger partial charge in [-0.1, -0.05) is 6.07 Å². The normalized spacial score (nSPS) is 10.3. The highest BCUT2D eigenvalue weighted by atomic mass is 16.5. The number of hydrogen-bond acceptors (Lipinski definition) is 3. The molecule has 0 saturated heterocycles. The lowest BCUT2D eigenvalue weighted by molar-refractivity contribution is -0.131. The fourth-order valence-corrected chi connectivity index (χ4v) is 1.87. The first-order chi connectivity index (χ1) is 8.51. The van der Waals surface area contributed by atoms with E-state index in [1.807, 2.05) is 26.0 Å². The molecule has 18 heavy (non-hydrogen) atoms. The van der Waals surface area contributed by atoms with Crippen molar-refractivity contribution in [2.75, 3.05) is 20.8 Å². The van der Waals surface area contributed by atoms with Gasteiger partial charge in [-0.05, 0) is 36.6 Å². The molecule has 0 aromatic heterocycles. The summed E-state index contributed by atoms with van der Waals surface area (Å²) >= 11 is 0. The zero-order chi connectivity index (χ0) is 13.7. The zero-order valence-electron chi connectivity index (χ0n) is 11.5. The third kappa shape index (κ3) is 3.23. The van der Waals surface area contributed by atoms with Gasteiger partial charge < -0.3 is 14.7 Å². The molecule has 1 N–H and O–H groups in total. The summed E-state index contributed by atoms with van der Waals surface area (Å²) in [6.07, 6.45) is 0.171. The molecule has 0 heterocycles. The number of nitrogens with zero attached hydrogens (tertiary/aromatic N) is 1. The SMILES string of the molecule is COc1ccc(CN(C)C(=O)CCO)c(C)c1C. The van der Waals surface area contributed by atoms with Crippen molar-refractivity contribution in [2.45, 2.75) is 26.8 Å². The second-order valence-corrected chi connectivity index (χ2v) is 4.40. The molecule has 1 amide bonds. The summed E-state index contributed by atoms with van der Waals surface area (Å²) in [6.45, 7) is 4.48. The van der Waals surface area contributed by atoms with Gasteiger partial charge in [-0.25, -0.2) is 0 Å². The van der Waals surface area contributed by atoms with Crippen LogP contribution in [0.25, 0.3) is 0 Å². The molecule has 1 aromatic carbocycles. The first-order valence-electron chi connectivity index (χ1n) is 5.99. The van der Waals surface area contributed by atoms with Gasteiger partial charge in [0.2, 0.25) is 5.91 Å². The summed E-state index contributed by atoms with van der Waals surface area (Å²) in [6, 6.07) is 3.89. The third-order valence-corrected chi connectivity index (χ3v) is 3.23. The Balaban J connectivity index is 2.85. The quantitative estimate of drug-likeness (QED) is 0.865. The van der Waals surface area contributed by atoms with Gasteiger partial charge in [0.15, 0.2) is 0 Å². The lowest BCUT2D eigenvalue weighted by Gasteiger charge is -2.19. The van der Waals surface area contributed by atoms with Crippen LogP contribution in [0.3, 0.4) is 0 Å². The van der Waals surface area contributed by atoms with Crippen LogP contribution in [0.5, 0.6) is 5.75 Å². The Kier molecular flexibility index (Phi) is 5.16. The van der Waals surface area contributed by atoms with Gasteiger partial charge in [-0.2, -0.15) is 0 Å². The minimum atomic E-state index is -0.107. The monoisotopic (exact) mass is 251 g/mol. The highest BCUT2D eigenvalue weighted by Crippen LogP contribution is 2.24. The fourth-order valence-electron chi connectivity index (χ4n) is 1.87. The van der Waals surface area contributed by atoms with E-state index in [1.54, 1.807) is 19.1 Å². The Morgan fingerprint density at radius 3 is 2.56 bits per heavy atom. The fraction of sp³-hybridized carbons (Fsp3) is 0.500. The first-order valence-corrected chi connectivity index (χ1v) is 5.99. The Hall–Kier alpha value is -1.55. The highest BCUT2D eigenvalue weighted by Gasteiger charge is 2.12. The van der Waals surface area contributed by atoms with E-state index in [0.29, 0.717) is 6.54 Å². The second-order valence-electron chi connectivity index (χ2n) is 4.40. The van der Waals surface area contributed by atoms with Crippen molar-refractivity contribution in [1.82, 2.24) is 4.90 Å². The molecule has 0 aliphatic rings. The Labute approximate surface area is 108 Å². The topological polar surface area (TPSA) is 49.8 Å². The van der Waals surface area contributed by atoms with Crippen LogP contribution < -0.4 is 4.74 Å². The molecular weight excluding hydrogens is 230 g/mol. The van der Waals surface area contributed by atoms with Crippen LogP contribution >= 0.6 is 0 Å². The molecule has 0 radical (unpaired) electrons. The number of hydrogen-bond donors (Lipinski definition) is 1. The van der Waals surface area contributed by atoms with Gasteiger partial charge in [0.05, 0.1) is 13.7 Å².